The molecule has 5 nitrogen and oxygen atoms in total. The lowest BCUT2D eigenvalue weighted by molar-refractivity contribution is 0.0594. The van der Waals surface area contributed by atoms with Crippen LogP contribution < -0.4 is 11.1 Å². The van der Waals surface area contributed by atoms with Gasteiger partial charge in [-0.3, -0.25) is 0 Å². The molecule has 0 amide bonds. The molecule has 1 rings (SSSR count). The van der Waals surface area contributed by atoms with Crippen LogP contribution in [0.25, 0.3) is 0 Å². The number of hydrogen-bond donors (Lipinski definition) is 2. The highest BCUT2D eigenvalue weighted by atomic mass is 16.5. The first-order valence-electron chi connectivity index (χ1n) is 7.63. The van der Waals surface area contributed by atoms with Gasteiger partial charge in [0.05, 0.1) is 12.8 Å². The van der Waals surface area contributed by atoms with Gasteiger partial charge in [0.15, 0.2) is 5.69 Å². The maximum Gasteiger partial charge on any atom is 0.356 e. The maximum absolute atomic E-state index is 11.4. The summed E-state index contributed by atoms with van der Waals surface area (Å²) in [4.78, 5) is 15.6. The molecule has 3 N–H and O–H groups in total. The minimum atomic E-state index is -0.452. The van der Waals surface area contributed by atoms with Crippen LogP contribution in [0.2, 0.25) is 0 Å². The Hall–Kier alpha value is -1.78. The molecule has 0 aliphatic heterocycles. The summed E-state index contributed by atoms with van der Waals surface area (Å²) >= 11 is 0. The molecule has 0 radical (unpaired) electrons. The molecule has 0 aromatic carbocycles. The smallest absolute Gasteiger partial charge is 0.356 e. The average Bonchev–Trinajstić information content (AvgIpc) is 2.46. The molecule has 0 unspecified atom stereocenters. The summed E-state index contributed by atoms with van der Waals surface area (Å²) in [5, 5.41) is 3.19. The van der Waals surface area contributed by atoms with E-state index in [4.69, 9.17) is 5.73 Å². The van der Waals surface area contributed by atoms with Gasteiger partial charge in [0.1, 0.15) is 5.82 Å². The Labute approximate surface area is 127 Å². The van der Waals surface area contributed by atoms with E-state index < -0.39 is 5.97 Å². The van der Waals surface area contributed by atoms with Crippen molar-refractivity contribution in [1.29, 1.82) is 0 Å². The second-order valence-corrected chi connectivity index (χ2v) is 5.65. The summed E-state index contributed by atoms with van der Waals surface area (Å²) in [6.45, 7) is 5.32. The van der Waals surface area contributed by atoms with Crippen LogP contribution in [0.15, 0.2) is 12.1 Å². The predicted octanol–water partition coefficient (Wildman–Crippen LogP) is 3.47. The van der Waals surface area contributed by atoms with E-state index in [9.17, 15) is 4.79 Å². The Morgan fingerprint density at radius 3 is 2.67 bits per heavy atom. The zero-order valence-electron chi connectivity index (χ0n) is 13.3. The quantitative estimate of drug-likeness (QED) is 0.538. The fourth-order valence-electron chi connectivity index (χ4n) is 2.07. The zero-order chi connectivity index (χ0) is 15.7. The number of nitrogens with zero attached hydrogens (tertiary/aromatic N) is 1. The van der Waals surface area contributed by atoms with Crippen molar-refractivity contribution in [3.8, 4) is 0 Å². The van der Waals surface area contributed by atoms with Crippen LogP contribution in [0.3, 0.4) is 0 Å². The maximum atomic E-state index is 11.4. The first-order valence-corrected chi connectivity index (χ1v) is 7.63. The molecule has 118 valence electrons. The van der Waals surface area contributed by atoms with Crippen molar-refractivity contribution < 1.29 is 9.53 Å². The van der Waals surface area contributed by atoms with Crippen molar-refractivity contribution in [1.82, 2.24) is 4.98 Å². The molecule has 0 bridgehead atoms. The summed E-state index contributed by atoms with van der Waals surface area (Å²) in [6, 6.07) is 3.24. The van der Waals surface area contributed by atoms with E-state index >= 15 is 0 Å². The lowest BCUT2D eigenvalue weighted by Crippen LogP contribution is -2.10. The minimum Gasteiger partial charge on any atom is -0.464 e. The van der Waals surface area contributed by atoms with Gasteiger partial charge in [0, 0.05) is 6.54 Å². The number of carbonyl (C=O) groups is 1. The molecule has 0 aliphatic carbocycles. The number of nitrogens with one attached hydrogen (secondary N) is 1. The lowest BCUT2D eigenvalue weighted by Gasteiger charge is -2.09. The number of methoxy groups -OCH3 is 1. The lowest BCUT2D eigenvalue weighted by atomic mass is 10.0. The highest BCUT2D eigenvalue weighted by Crippen LogP contribution is 2.16. The molecule has 0 aliphatic rings. The van der Waals surface area contributed by atoms with Crippen LogP contribution >= 0.6 is 0 Å². The number of hydrogen-bond acceptors (Lipinski definition) is 5. The molecule has 0 saturated heterocycles. The van der Waals surface area contributed by atoms with Gasteiger partial charge in [-0.25, -0.2) is 9.78 Å². The Morgan fingerprint density at radius 2 is 2.00 bits per heavy atom. The number of nitrogen functional groups attached to an aromatic ring is 1. The number of rotatable bonds is 9. The van der Waals surface area contributed by atoms with Gasteiger partial charge < -0.3 is 15.8 Å². The molecule has 0 spiro atoms. The SMILES string of the molecule is COC(=O)c1ccc(N)c(NCCCCCCC(C)C)n1. The molecular formula is C16H27N3O2. The Kier molecular flexibility index (Phi) is 7.58. The monoisotopic (exact) mass is 293 g/mol. The van der Waals surface area contributed by atoms with E-state index in [2.05, 4.69) is 28.9 Å². The number of carbonyl (C=O) groups excluding carboxylic acids is 1. The fourth-order valence-corrected chi connectivity index (χ4v) is 2.07. The van der Waals surface area contributed by atoms with E-state index in [1.165, 1.54) is 32.8 Å². The van der Waals surface area contributed by atoms with Gasteiger partial charge >= 0.3 is 5.97 Å². The van der Waals surface area contributed by atoms with Gasteiger partial charge in [0.2, 0.25) is 0 Å². The molecule has 0 atom stereocenters. The standard InChI is InChI=1S/C16H27N3O2/c1-12(2)8-6-4-5-7-11-18-15-13(17)9-10-14(19-15)16(20)21-3/h9-10,12H,4-8,11,17H2,1-3H3,(H,18,19). The molecule has 1 heterocycles. The van der Waals surface area contributed by atoms with E-state index in [1.807, 2.05) is 0 Å². The van der Waals surface area contributed by atoms with Gasteiger partial charge in [-0.1, -0.05) is 39.5 Å². The van der Waals surface area contributed by atoms with Crippen molar-refractivity contribution in [2.24, 2.45) is 5.92 Å². The van der Waals surface area contributed by atoms with Crippen molar-refractivity contribution >= 4 is 17.5 Å². The third kappa shape index (κ3) is 6.47. The number of anilines is 2. The van der Waals surface area contributed by atoms with Crippen LogP contribution in [-0.2, 0) is 4.74 Å². The van der Waals surface area contributed by atoms with Crippen LogP contribution in [-0.4, -0.2) is 24.6 Å². The number of unbranched alkanes of at least 4 members (excludes halogenated alkanes) is 3. The largest absolute Gasteiger partial charge is 0.464 e. The van der Waals surface area contributed by atoms with Crippen molar-refractivity contribution in [2.45, 2.75) is 46.0 Å². The van der Waals surface area contributed by atoms with Crippen LogP contribution in [0, 0.1) is 5.92 Å². The first kappa shape index (κ1) is 17.3. The van der Waals surface area contributed by atoms with E-state index in [-0.39, 0.29) is 5.69 Å². The van der Waals surface area contributed by atoms with Crippen LogP contribution in [0.1, 0.15) is 56.4 Å². The van der Waals surface area contributed by atoms with Gasteiger partial charge in [0.25, 0.3) is 0 Å². The number of nitrogens with two attached hydrogens (primary N) is 1. The van der Waals surface area contributed by atoms with E-state index in [1.54, 1.807) is 12.1 Å². The molecule has 5 heteroatoms. The van der Waals surface area contributed by atoms with Gasteiger partial charge in [-0.2, -0.15) is 0 Å². The molecule has 0 saturated carbocycles. The molecule has 21 heavy (non-hydrogen) atoms. The normalized spacial score (nSPS) is 10.7. The second kappa shape index (κ2) is 9.21. The predicted molar refractivity (Wildman–Crippen MR) is 86.4 cm³/mol. The molecule has 1 aromatic heterocycles. The summed E-state index contributed by atoms with van der Waals surface area (Å²) in [5.74, 6) is 0.889. The number of pyridine rings is 1. The van der Waals surface area contributed by atoms with Gasteiger partial charge in [-0.05, 0) is 24.5 Å². The number of aromatic nitrogens is 1. The van der Waals surface area contributed by atoms with E-state index in [0.717, 1.165) is 18.9 Å². The Bertz CT molecular complexity index is 447. The molecule has 1 aromatic rings. The summed E-state index contributed by atoms with van der Waals surface area (Å²) in [6.07, 6.45) is 6.10. The zero-order valence-corrected chi connectivity index (χ0v) is 13.3. The van der Waals surface area contributed by atoms with E-state index in [0.29, 0.717) is 11.5 Å². The van der Waals surface area contributed by atoms with Crippen LogP contribution in [0.5, 0.6) is 0 Å². The highest BCUT2D eigenvalue weighted by molar-refractivity contribution is 5.88. The first-order chi connectivity index (χ1) is 10.0. The van der Waals surface area contributed by atoms with Crippen molar-refractivity contribution in [3.63, 3.8) is 0 Å². The topological polar surface area (TPSA) is 77.2 Å². The summed E-state index contributed by atoms with van der Waals surface area (Å²) in [7, 11) is 1.34. The third-order valence-electron chi connectivity index (χ3n) is 3.32. The summed E-state index contributed by atoms with van der Waals surface area (Å²) in [5.41, 5.74) is 6.66. The highest BCUT2D eigenvalue weighted by Gasteiger charge is 2.09. The number of ether oxygens (including phenoxy) is 1. The minimum absolute atomic E-state index is 0.270. The van der Waals surface area contributed by atoms with Gasteiger partial charge in [-0.15, -0.1) is 0 Å². The number of esters is 1. The Morgan fingerprint density at radius 1 is 1.29 bits per heavy atom. The Balaban J connectivity index is 2.33. The second-order valence-electron chi connectivity index (χ2n) is 5.65. The van der Waals surface area contributed by atoms with Crippen molar-refractivity contribution in [2.75, 3.05) is 24.7 Å². The van der Waals surface area contributed by atoms with Crippen LogP contribution in [0.4, 0.5) is 11.5 Å². The fraction of sp³-hybridized carbons (Fsp3) is 0.625. The third-order valence-corrected chi connectivity index (χ3v) is 3.32. The summed E-state index contributed by atoms with van der Waals surface area (Å²) < 4.78 is 4.65. The molecular weight excluding hydrogens is 266 g/mol. The van der Waals surface area contributed by atoms with Crippen molar-refractivity contribution in [3.05, 3.63) is 17.8 Å². The molecule has 0 fully saturated rings. The average molecular weight is 293 g/mol.